The van der Waals surface area contributed by atoms with E-state index in [2.05, 4.69) is 30.9 Å². The number of alkyl halides is 6. The molecule has 2 aromatic rings. The Hall–Kier alpha value is -2.02. The van der Waals surface area contributed by atoms with Crippen molar-refractivity contribution in [1.82, 2.24) is 4.90 Å². The molecule has 4 rings (SSSR count). The Balaban J connectivity index is 1.51. The van der Waals surface area contributed by atoms with E-state index < -0.39 is 23.2 Å². The summed E-state index contributed by atoms with van der Waals surface area (Å²) in [5.41, 5.74) is -2.61. The van der Waals surface area contributed by atoms with Gasteiger partial charge in [0.2, 0.25) is 0 Å². The number of benzene rings is 2. The van der Waals surface area contributed by atoms with Crippen LogP contribution in [0.5, 0.6) is 0 Å². The lowest BCUT2D eigenvalue weighted by atomic mass is 9.81. The molecule has 2 aromatic carbocycles. The van der Waals surface area contributed by atoms with Gasteiger partial charge in [-0.2, -0.15) is 26.3 Å². The van der Waals surface area contributed by atoms with Crippen LogP contribution in [-0.4, -0.2) is 36.4 Å². The Morgan fingerprint density at radius 3 is 1.86 bits per heavy atom. The number of nitrogens with zero attached hydrogens (tertiary/aromatic N) is 1. The first-order valence-corrected chi connectivity index (χ1v) is 12.5. The molecule has 1 nitrogen and oxygen atoms in total. The zero-order valence-corrected chi connectivity index (χ0v) is 20.3. The van der Waals surface area contributed by atoms with Crippen molar-refractivity contribution >= 4 is 0 Å². The van der Waals surface area contributed by atoms with Gasteiger partial charge in [-0.25, -0.2) is 0 Å². The third-order valence-electron chi connectivity index (χ3n) is 8.11. The van der Waals surface area contributed by atoms with Crippen LogP contribution in [0.4, 0.5) is 26.3 Å². The predicted octanol–water partition coefficient (Wildman–Crippen LogP) is 7.76. The monoisotopic (exact) mass is 497 g/mol. The highest BCUT2D eigenvalue weighted by Crippen LogP contribution is 2.66. The van der Waals surface area contributed by atoms with Crippen LogP contribution in [0.15, 0.2) is 48.5 Å². The van der Waals surface area contributed by atoms with Crippen molar-refractivity contribution in [3.8, 4) is 0 Å². The average Bonchev–Trinajstić information content (AvgIpc) is 3.71. The first-order valence-electron chi connectivity index (χ1n) is 12.5. The van der Waals surface area contributed by atoms with E-state index in [4.69, 9.17) is 0 Å². The number of aryl methyl sites for hydroxylation is 1. The van der Waals surface area contributed by atoms with Gasteiger partial charge in [0, 0.05) is 12.6 Å². The molecule has 0 aliphatic heterocycles. The Morgan fingerprint density at radius 2 is 1.34 bits per heavy atom. The Labute approximate surface area is 203 Å². The van der Waals surface area contributed by atoms with E-state index >= 15 is 0 Å². The summed E-state index contributed by atoms with van der Waals surface area (Å²) in [5, 5.41) is 0. The van der Waals surface area contributed by atoms with Crippen LogP contribution >= 0.6 is 0 Å². The lowest BCUT2D eigenvalue weighted by molar-refractivity contribution is -0.167. The molecule has 0 amide bonds. The van der Waals surface area contributed by atoms with Crippen LogP contribution in [0.3, 0.4) is 0 Å². The summed E-state index contributed by atoms with van der Waals surface area (Å²) in [6.07, 6.45) is -7.48. The number of rotatable bonds is 10. The second kappa shape index (κ2) is 9.45. The van der Waals surface area contributed by atoms with Crippen molar-refractivity contribution < 1.29 is 26.3 Å². The maximum absolute atomic E-state index is 14.0. The maximum atomic E-state index is 14.0. The normalized spacial score (nSPS) is 19.6. The van der Waals surface area contributed by atoms with Gasteiger partial charge in [0.15, 0.2) is 0 Å². The summed E-state index contributed by atoms with van der Waals surface area (Å²) in [7, 11) is 0. The first-order chi connectivity index (χ1) is 16.4. The minimum Gasteiger partial charge on any atom is -0.301 e. The molecule has 192 valence electrons. The Bertz CT molecular complexity index is 1000. The molecule has 2 aliphatic carbocycles. The van der Waals surface area contributed by atoms with Crippen molar-refractivity contribution in [3.63, 3.8) is 0 Å². The summed E-state index contributed by atoms with van der Waals surface area (Å²) >= 11 is 0. The summed E-state index contributed by atoms with van der Waals surface area (Å²) < 4.78 is 83.6. The highest BCUT2D eigenvalue weighted by Gasteiger charge is 2.70. The van der Waals surface area contributed by atoms with Gasteiger partial charge in [0.05, 0.1) is 10.8 Å². The molecule has 0 saturated heterocycles. The fourth-order valence-corrected chi connectivity index (χ4v) is 5.39. The molecule has 0 bridgehead atoms. The van der Waals surface area contributed by atoms with E-state index in [0.29, 0.717) is 12.0 Å². The van der Waals surface area contributed by atoms with E-state index in [1.165, 1.54) is 17.7 Å². The summed E-state index contributed by atoms with van der Waals surface area (Å²) in [6, 6.07) is 14.8. The minimum absolute atomic E-state index is 0.138. The zero-order chi connectivity index (χ0) is 25.5. The highest BCUT2D eigenvalue weighted by molar-refractivity contribution is 5.50. The highest BCUT2D eigenvalue weighted by atomic mass is 19.4. The molecule has 1 unspecified atom stereocenters. The minimum atomic E-state index is -4.55. The molecule has 0 aromatic heterocycles. The second-order valence-electron chi connectivity index (χ2n) is 10.3. The van der Waals surface area contributed by atoms with Gasteiger partial charge in [-0.05, 0) is 80.7 Å². The standard InChI is InChI=1S/C28H33F6N/c1-3-35(18-13-21-7-5-4-6-8-21)20(2)9-10-22-11-12-23(25(14-15-25)27(29,30)31)24(19-22)26(16-17-26)28(32,33)34/h4-8,11-12,19-20H,3,9-10,13-18H2,1-2H3. The van der Waals surface area contributed by atoms with E-state index in [-0.39, 0.29) is 42.9 Å². The molecule has 0 heterocycles. The third kappa shape index (κ3) is 5.11. The smallest absolute Gasteiger partial charge is 0.301 e. The van der Waals surface area contributed by atoms with E-state index in [1.54, 1.807) is 6.07 Å². The van der Waals surface area contributed by atoms with E-state index in [1.807, 2.05) is 18.2 Å². The SMILES string of the molecule is CCN(CCc1ccccc1)C(C)CCc1ccc(C2(C(F)(F)F)CC2)c(C2(C(F)(F)F)CC2)c1. The van der Waals surface area contributed by atoms with Crippen molar-refractivity contribution in [2.75, 3.05) is 13.1 Å². The first kappa shape index (κ1) is 26.1. The molecule has 2 saturated carbocycles. The largest absolute Gasteiger partial charge is 0.398 e. The molecule has 0 N–H and O–H groups in total. The van der Waals surface area contributed by atoms with Crippen LogP contribution in [0.25, 0.3) is 0 Å². The van der Waals surface area contributed by atoms with Crippen LogP contribution < -0.4 is 0 Å². The predicted molar refractivity (Wildman–Crippen MR) is 126 cm³/mol. The molecule has 2 aliphatic rings. The number of hydrogen-bond acceptors (Lipinski definition) is 1. The van der Waals surface area contributed by atoms with Gasteiger partial charge in [-0.3, -0.25) is 0 Å². The molecule has 35 heavy (non-hydrogen) atoms. The molecule has 7 heteroatoms. The fraction of sp³-hybridized carbons (Fsp3) is 0.571. The molecule has 1 atom stereocenters. The van der Waals surface area contributed by atoms with Gasteiger partial charge >= 0.3 is 12.4 Å². The lowest BCUT2D eigenvalue weighted by Gasteiger charge is -2.30. The van der Waals surface area contributed by atoms with Gasteiger partial charge in [-0.1, -0.05) is 55.5 Å². The average molecular weight is 498 g/mol. The van der Waals surface area contributed by atoms with Gasteiger partial charge in [-0.15, -0.1) is 0 Å². The van der Waals surface area contributed by atoms with Gasteiger partial charge < -0.3 is 4.90 Å². The van der Waals surface area contributed by atoms with Crippen LogP contribution in [-0.2, 0) is 23.7 Å². The Kier molecular flexibility index (Phi) is 7.04. The molecular weight excluding hydrogens is 464 g/mol. The van der Waals surface area contributed by atoms with E-state index in [0.717, 1.165) is 25.9 Å². The van der Waals surface area contributed by atoms with Crippen LogP contribution in [0.2, 0.25) is 0 Å². The number of likely N-dealkylation sites (N-methyl/N-ethyl adjacent to an activating group) is 1. The third-order valence-corrected chi connectivity index (χ3v) is 8.11. The van der Waals surface area contributed by atoms with Gasteiger partial charge in [0.25, 0.3) is 0 Å². The van der Waals surface area contributed by atoms with Crippen molar-refractivity contribution in [2.24, 2.45) is 0 Å². The maximum Gasteiger partial charge on any atom is 0.398 e. The number of halogens is 6. The summed E-state index contributed by atoms with van der Waals surface area (Å²) in [6.45, 7) is 5.91. The topological polar surface area (TPSA) is 3.24 Å². The van der Waals surface area contributed by atoms with Crippen molar-refractivity contribution in [3.05, 3.63) is 70.8 Å². The summed E-state index contributed by atoms with van der Waals surface area (Å²) in [5.74, 6) is 0. The summed E-state index contributed by atoms with van der Waals surface area (Å²) in [4.78, 5) is 2.34. The number of hydrogen-bond donors (Lipinski definition) is 0. The lowest BCUT2D eigenvalue weighted by Crippen LogP contribution is -2.36. The zero-order valence-electron chi connectivity index (χ0n) is 20.3. The van der Waals surface area contributed by atoms with Crippen molar-refractivity contribution in [1.29, 1.82) is 0 Å². The fourth-order valence-electron chi connectivity index (χ4n) is 5.39. The Morgan fingerprint density at radius 1 is 0.771 bits per heavy atom. The van der Waals surface area contributed by atoms with Gasteiger partial charge in [0.1, 0.15) is 0 Å². The molecular formula is C28H33F6N. The molecule has 2 fully saturated rings. The van der Waals surface area contributed by atoms with Crippen LogP contribution in [0.1, 0.15) is 68.2 Å². The molecule has 0 spiro atoms. The van der Waals surface area contributed by atoms with Crippen molar-refractivity contribution in [2.45, 2.75) is 88.0 Å². The van der Waals surface area contributed by atoms with E-state index in [9.17, 15) is 26.3 Å². The second-order valence-corrected chi connectivity index (χ2v) is 10.3. The quantitative estimate of drug-likeness (QED) is 0.303. The molecule has 0 radical (unpaired) electrons. The van der Waals surface area contributed by atoms with Crippen LogP contribution in [0, 0.1) is 0 Å².